The summed E-state index contributed by atoms with van der Waals surface area (Å²) in [6.45, 7) is 0. The maximum absolute atomic E-state index is 5.79. The second kappa shape index (κ2) is 4.02. The fourth-order valence-electron chi connectivity index (χ4n) is 0.624. The Morgan fingerprint density at radius 1 is 1.75 bits per heavy atom. The van der Waals surface area contributed by atoms with Gasteiger partial charge in [0.2, 0.25) is 0 Å². The van der Waals surface area contributed by atoms with Crippen LogP contribution in [0.2, 0.25) is 5.02 Å². The van der Waals surface area contributed by atoms with E-state index >= 15 is 0 Å². The Bertz CT molecular complexity index is 318. The maximum Gasteiger partial charge on any atom is 0.169 e. The van der Waals surface area contributed by atoms with Gasteiger partial charge in [-0.2, -0.15) is 0 Å². The van der Waals surface area contributed by atoms with E-state index < -0.39 is 0 Å². The first-order valence-corrected chi connectivity index (χ1v) is 4.55. The molecule has 0 unspecified atom stereocenters. The minimum absolute atomic E-state index is 0.158. The summed E-state index contributed by atoms with van der Waals surface area (Å²) in [5, 5.41) is 3.40. The predicted octanol–water partition coefficient (Wildman–Crippen LogP) is 2.15. The minimum Gasteiger partial charge on any atom is -0.376 e. The fourth-order valence-corrected chi connectivity index (χ4v) is 1.20. The molecule has 0 spiro atoms. The third kappa shape index (κ3) is 2.30. The molecule has 0 aliphatic rings. The summed E-state index contributed by atoms with van der Waals surface area (Å²) < 4.78 is 0.652. The van der Waals surface area contributed by atoms with Gasteiger partial charge in [0.05, 0.1) is 9.50 Å². The summed E-state index contributed by atoms with van der Waals surface area (Å²) in [6.07, 6.45) is 1.56. The van der Waals surface area contributed by atoms with Crippen LogP contribution in [-0.2, 0) is 0 Å². The molecule has 0 radical (unpaired) electrons. The van der Waals surface area contributed by atoms with E-state index in [-0.39, 0.29) is 5.11 Å². The van der Waals surface area contributed by atoms with E-state index in [0.717, 1.165) is 0 Å². The van der Waals surface area contributed by atoms with Crippen LogP contribution in [0.5, 0.6) is 0 Å². The van der Waals surface area contributed by atoms with Crippen molar-refractivity contribution in [3.8, 4) is 0 Å². The summed E-state index contributed by atoms with van der Waals surface area (Å²) in [4.78, 5) is 3.97. The van der Waals surface area contributed by atoms with Crippen molar-refractivity contribution in [2.75, 3.05) is 5.32 Å². The Balaban J connectivity index is 3.00. The zero-order valence-corrected chi connectivity index (χ0v) is 9.00. The van der Waals surface area contributed by atoms with Gasteiger partial charge >= 0.3 is 0 Å². The summed E-state index contributed by atoms with van der Waals surface area (Å²) in [5.74, 6) is 0.523. The third-order valence-corrected chi connectivity index (χ3v) is 2.53. The van der Waals surface area contributed by atoms with Crippen molar-refractivity contribution < 1.29 is 0 Å². The Morgan fingerprint density at radius 3 is 3.00 bits per heavy atom. The molecule has 0 aliphatic carbocycles. The molecular formula is C6H5BrClN3S. The van der Waals surface area contributed by atoms with Crippen LogP contribution in [0.1, 0.15) is 0 Å². The molecule has 6 heteroatoms. The molecule has 0 atom stereocenters. The van der Waals surface area contributed by atoms with Crippen LogP contribution in [0.3, 0.4) is 0 Å². The van der Waals surface area contributed by atoms with Gasteiger partial charge in [-0.3, -0.25) is 0 Å². The largest absolute Gasteiger partial charge is 0.376 e. The summed E-state index contributed by atoms with van der Waals surface area (Å²) in [6, 6.07) is 1.66. The Labute approximate surface area is 88.4 Å². The average molecular weight is 267 g/mol. The second-order valence-corrected chi connectivity index (χ2v) is 3.58. The molecular weight excluding hydrogens is 262 g/mol. The van der Waals surface area contributed by atoms with Crippen molar-refractivity contribution in [2.45, 2.75) is 0 Å². The van der Waals surface area contributed by atoms with Gasteiger partial charge in [0.15, 0.2) is 5.11 Å². The van der Waals surface area contributed by atoms with Crippen molar-refractivity contribution in [3.05, 3.63) is 21.8 Å². The van der Waals surface area contributed by atoms with Crippen LogP contribution in [0.25, 0.3) is 0 Å². The molecule has 0 aromatic carbocycles. The van der Waals surface area contributed by atoms with Gasteiger partial charge in [-0.15, -0.1) is 0 Å². The highest BCUT2D eigenvalue weighted by Crippen LogP contribution is 2.27. The van der Waals surface area contributed by atoms with Gasteiger partial charge in [0.25, 0.3) is 0 Å². The molecule has 0 fully saturated rings. The number of nitrogens with two attached hydrogens (primary N) is 1. The quantitative estimate of drug-likeness (QED) is 0.765. The fraction of sp³-hybridized carbons (Fsp3) is 0. The van der Waals surface area contributed by atoms with Crippen LogP contribution in [0.4, 0.5) is 5.82 Å². The molecule has 64 valence electrons. The molecule has 1 aromatic rings. The molecule has 1 rings (SSSR count). The third-order valence-electron chi connectivity index (χ3n) is 1.08. The molecule has 0 bridgehead atoms. The Kier molecular flexibility index (Phi) is 3.25. The number of anilines is 1. The number of rotatable bonds is 1. The molecule has 12 heavy (non-hydrogen) atoms. The van der Waals surface area contributed by atoms with Crippen molar-refractivity contribution in [3.63, 3.8) is 0 Å². The highest BCUT2D eigenvalue weighted by atomic mass is 79.9. The first-order chi connectivity index (χ1) is 5.61. The molecule has 3 N–H and O–H groups in total. The van der Waals surface area contributed by atoms with E-state index in [2.05, 4.69) is 38.4 Å². The lowest BCUT2D eigenvalue weighted by atomic mass is 10.4. The van der Waals surface area contributed by atoms with Crippen molar-refractivity contribution in [1.29, 1.82) is 0 Å². The molecule has 1 heterocycles. The SMILES string of the molecule is NC(=S)Nc1nccc(Cl)c1Br. The van der Waals surface area contributed by atoms with E-state index in [1.54, 1.807) is 12.3 Å². The van der Waals surface area contributed by atoms with Gasteiger partial charge in [-0.1, -0.05) is 11.6 Å². The normalized spacial score (nSPS) is 9.50. The average Bonchev–Trinajstić information content (AvgIpc) is 1.98. The predicted molar refractivity (Wildman–Crippen MR) is 57.4 cm³/mol. The van der Waals surface area contributed by atoms with Crippen LogP contribution >= 0.6 is 39.7 Å². The number of halogens is 2. The van der Waals surface area contributed by atoms with E-state index in [4.69, 9.17) is 17.3 Å². The molecule has 3 nitrogen and oxygen atoms in total. The first kappa shape index (κ1) is 9.70. The summed E-state index contributed by atoms with van der Waals surface area (Å²) in [7, 11) is 0. The van der Waals surface area contributed by atoms with Crippen molar-refractivity contribution in [1.82, 2.24) is 4.98 Å². The molecule has 0 saturated heterocycles. The van der Waals surface area contributed by atoms with Crippen molar-refractivity contribution >= 4 is 50.7 Å². The van der Waals surface area contributed by atoms with Gasteiger partial charge in [-0.05, 0) is 34.2 Å². The summed E-state index contributed by atoms with van der Waals surface area (Å²) >= 11 is 13.7. The van der Waals surface area contributed by atoms with Gasteiger partial charge < -0.3 is 11.1 Å². The van der Waals surface area contributed by atoms with E-state index in [9.17, 15) is 0 Å². The maximum atomic E-state index is 5.79. The molecule has 0 saturated carbocycles. The molecule has 0 amide bonds. The monoisotopic (exact) mass is 265 g/mol. The van der Waals surface area contributed by atoms with Gasteiger partial charge in [0.1, 0.15) is 5.82 Å². The number of hydrogen-bond acceptors (Lipinski definition) is 2. The van der Waals surface area contributed by atoms with Gasteiger partial charge in [0, 0.05) is 6.20 Å². The lowest BCUT2D eigenvalue weighted by Crippen LogP contribution is -2.19. The van der Waals surface area contributed by atoms with E-state index in [1.807, 2.05) is 0 Å². The Morgan fingerprint density at radius 2 is 2.42 bits per heavy atom. The second-order valence-electron chi connectivity index (χ2n) is 1.94. The lowest BCUT2D eigenvalue weighted by Gasteiger charge is -2.05. The molecule has 1 aromatic heterocycles. The van der Waals surface area contributed by atoms with E-state index in [0.29, 0.717) is 15.3 Å². The van der Waals surface area contributed by atoms with Crippen LogP contribution in [-0.4, -0.2) is 10.1 Å². The van der Waals surface area contributed by atoms with Gasteiger partial charge in [-0.25, -0.2) is 4.98 Å². The number of thiocarbonyl (C=S) groups is 1. The number of hydrogen-bond donors (Lipinski definition) is 2. The smallest absolute Gasteiger partial charge is 0.169 e. The Hall–Kier alpha value is -0.390. The standard InChI is InChI=1S/C6H5BrClN3S/c7-4-3(8)1-2-10-5(4)11-6(9)12/h1-2H,(H3,9,10,11,12). The minimum atomic E-state index is 0.158. The lowest BCUT2D eigenvalue weighted by molar-refractivity contribution is 1.30. The van der Waals surface area contributed by atoms with Crippen LogP contribution in [0.15, 0.2) is 16.7 Å². The van der Waals surface area contributed by atoms with E-state index in [1.165, 1.54) is 0 Å². The van der Waals surface area contributed by atoms with Crippen molar-refractivity contribution in [2.24, 2.45) is 5.73 Å². The highest BCUT2D eigenvalue weighted by molar-refractivity contribution is 9.10. The topological polar surface area (TPSA) is 50.9 Å². The number of aromatic nitrogens is 1. The molecule has 0 aliphatic heterocycles. The number of nitrogens with one attached hydrogen (secondary N) is 1. The zero-order chi connectivity index (χ0) is 9.14. The first-order valence-electron chi connectivity index (χ1n) is 2.97. The zero-order valence-electron chi connectivity index (χ0n) is 5.84. The van der Waals surface area contributed by atoms with Crippen LogP contribution in [0, 0.1) is 0 Å². The number of nitrogens with zero attached hydrogens (tertiary/aromatic N) is 1. The number of pyridine rings is 1. The van der Waals surface area contributed by atoms with Crippen LogP contribution < -0.4 is 11.1 Å². The highest BCUT2D eigenvalue weighted by Gasteiger charge is 2.04. The summed E-state index contributed by atoms with van der Waals surface area (Å²) in [5.41, 5.74) is 5.26.